The molecule has 2 heterocycles. The van der Waals surface area contributed by atoms with E-state index >= 15 is 0 Å². The Kier molecular flexibility index (Phi) is 8.37. The molecule has 0 radical (unpaired) electrons. The lowest BCUT2D eigenvalue weighted by Gasteiger charge is -2.32. The van der Waals surface area contributed by atoms with Crippen molar-refractivity contribution in [2.24, 2.45) is 0 Å². The fraction of sp³-hybridized carbons (Fsp3) is 0.652. The number of likely N-dealkylation sites (tertiary alicyclic amines) is 1. The molecule has 1 unspecified atom stereocenters. The summed E-state index contributed by atoms with van der Waals surface area (Å²) in [7, 11) is 0. The Labute approximate surface area is 179 Å². The number of fused-ring (bicyclic) bond motifs is 1. The molecule has 1 saturated heterocycles. The van der Waals surface area contributed by atoms with Crippen molar-refractivity contribution in [3.05, 3.63) is 29.8 Å². The Bertz CT molecular complexity index is 703. The Balaban J connectivity index is 1.52. The molecule has 7 nitrogen and oxygen atoms in total. The van der Waals surface area contributed by atoms with Crippen LogP contribution in [-0.2, 0) is 16.1 Å². The number of unbranched alkanes of at least 4 members (excludes halogenated alkanes) is 1. The van der Waals surface area contributed by atoms with Crippen molar-refractivity contribution in [3.8, 4) is 5.75 Å². The van der Waals surface area contributed by atoms with Gasteiger partial charge in [-0.15, -0.1) is 0 Å². The molecule has 0 aromatic heterocycles. The van der Waals surface area contributed by atoms with Crippen LogP contribution in [0, 0.1) is 0 Å². The van der Waals surface area contributed by atoms with E-state index in [1.807, 2.05) is 25.1 Å². The van der Waals surface area contributed by atoms with E-state index in [2.05, 4.69) is 23.2 Å². The van der Waals surface area contributed by atoms with E-state index in [1.54, 1.807) is 4.90 Å². The topological polar surface area (TPSA) is 71.1 Å². The number of rotatable bonds is 7. The zero-order valence-electron chi connectivity index (χ0n) is 18.3. The molecule has 1 N–H and O–H groups in total. The minimum absolute atomic E-state index is 0.0400. The fourth-order valence-corrected chi connectivity index (χ4v) is 4.16. The number of carbonyl (C=O) groups excluding carboxylic acids is 2. The van der Waals surface area contributed by atoms with Crippen molar-refractivity contribution in [2.75, 3.05) is 32.8 Å². The maximum atomic E-state index is 12.7. The summed E-state index contributed by atoms with van der Waals surface area (Å²) in [6.07, 6.45) is 4.61. The summed E-state index contributed by atoms with van der Waals surface area (Å²) in [5.41, 5.74) is 1.13. The maximum absolute atomic E-state index is 12.7. The summed E-state index contributed by atoms with van der Waals surface area (Å²) >= 11 is 0. The first kappa shape index (κ1) is 22.4. The summed E-state index contributed by atoms with van der Waals surface area (Å²) in [6.45, 7) is 7.45. The molecule has 1 fully saturated rings. The van der Waals surface area contributed by atoms with Gasteiger partial charge < -0.3 is 19.7 Å². The van der Waals surface area contributed by atoms with Crippen molar-refractivity contribution in [1.29, 1.82) is 0 Å². The smallest absolute Gasteiger partial charge is 0.409 e. The summed E-state index contributed by atoms with van der Waals surface area (Å²) in [5, 5.41) is 3.16. The highest BCUT2D eigenvalue weighted by atomic mass is 16.6. The van der Waals surface area contributed by atoms with Crippen LogP contribution in [0.25, 0.3) is 0 Å². The average molecular weight is 418 g/mol. The molecular formula is C23H35N3O4. The average Bonchev–Trinajstić information content (AvgIpc) is 2.91. The first-order valence-corrected chi connectivity index (χ1v) is 11.3. The molecule has 0 aliphatic carbocycles. The number of piperidine rings is 1. The molecule has 2 aliphatic heterocycles. The van der Waals surface area contributed by atoms with E-state index < -0.39 is 0 Å². The molecule has 2 aliphatic rings. The number of nitrogens with zero attached hydrogens (tertiary/aromatic N) is 2. The highest BCUT2D eigenvalue weighted by molar-refractivity contribution is 5.78. The molecule has 0 spiro atoms. The monoisotopic (exact) mass is 417 g/mol. The minimum atomic E-state index is -0.261. The molecule has 7 heteroatoms. The standard InChI is InChI=1S/C23H35N3O4/c1-3-5-9-20-16-25(15-18-8-6-7-10-21(18)30-20)17-22(27)24-19-11-13-26(14-12-19)23(28)29-4-2/h6-8,10,19-20H,3-5,9,11-17H2,1-2H3,(H,24,27). The molecule has 1 aromatic rings. The molecule has 0 bridgehead atoms. The van der Waals surface area contributed by atoms with Crippen LogP contribution in [0.5, 0.6) is 5.75 Å². The van der Waals surface area contributed by atoms with E-state index in [4.69, 9.17) is 9.47 Å². The summed E-state index contributed by atoms with van der Waals surface area (Å²) < 4.78 is 11.3. The van der Waals surface area contributed by atoms with Crippen molar-refractivity contribution in [3.63, 3.8) is 0 Å². The third-order valence-corrected chi connectivity index (χ3v) is 5.75. The van der Waals surface area contributed by atoms with Gasteiger partial charge >= 0.3 is 6.09 Å². The van der Waals surface area contributed by atoms with Gasteiger partial charge in [-0.05, 0) is 38.7 Å². The predicted molar refractivity (Wildman–Crippen MR) is 115 cm³/mol. The van der Waals surface area contributed by atoms with Gasteiger partial charge in [-0.2, -0.15) is 0 Å². The highest BCUT2D eigenvalue weighted by Crippen LogP contribution is 2.26. The van der Waals surface area contributed by atoms with Crippen LogP contribution in [0.15, 0.2) is 24.3 Å². The van der Waals surface area contributed by atoms with Crippen LogP contribution in [0.4, 0.5) is 4.79 Å². The molecular weight excluding hydrogens is 382 g/mol. The molecule has 30 heavy (non-hydrogen) atoms. The minimum Gasteiger partial charge on any atom is -0.489 e. The largest absolute Gasteiger partial charge is 0.489 e. The summed E-state index contributed by atoms with van der Waals surface area (Å²) in [4.78, 5) is 28.5. The fourth-order valence-electron chi connectivity index (χ4n) is 4.16. The number of benzene rings is 1. The van der Waals surface area contributed by atoms with Gasteiger partial charge in [0.25, 0.3) is 0 Å². The Morgan fingerprint density at radius 3 is 2.70 bits per heavy atom. The quantitative estimate of drug-likeness (QED) is 0.738. The second-order valence-corrected chi connectivity index (χ2v) is 8.19. The number of para-hydroxylation sites is 1. The van der Waals surface area contributed by atoms with Crippen LogP contribution in [0.3, 0.4) is 0 Å². The third kappa shape index (κ3) is 6.36. The second-order valence-electron chi connectivity index (χ2n) is 8.19. The lowest BCUT2D eigenvalue weighted by atomic mass is 10.1. The Hall–Kier alpha value is -2.28. The summed E-state index contributed by atoms with van der Waals surface area (Å²) in [6, 6.07) is 8.22. The SMILES string of the molecule is CCCCC1CN(CC(=O)NC2CCN(C(=O)OCC)CC2)Cc2ccccc2O1. The Morgan fingerprint density at radius 2 is 1.97 bits per heavy atom. The molecule has 166 valence electrons. The van der Waals surface area contributed by atoms with Gasteiger partial charge in [-0.3, -0.25) is 9.69 Å². The Morgan fingerprint density at radius 1 is 1.20 bits per heavy atom. The number of ether oxygens (including phenoxy) is 2. The lowest BCUT2D eigenvalue weighted by Crippen LogP contribution is -2.49. The summed E-state index contributed by atoms with van der Waals surface area (Å²) in [5.74, 6) is 0.978. The van der Waals surface area contributed by atoms with E-state index in [9.17, 15) is 9.59 Å². The third-order valence-electron chi connectivity index (χ3n) is 5.75. The number of hydrogen-bond donors (Lipinski definition) is 1. The van der Waals surface area contributed by atoms with Gasteiger partial charge in [-0.1, -0.05) is 31.5 Å². The lowest BCUT2D eigenvalue weighted by molar-refractivity contribution is -0.123. The van der Waals surface area contributed by atoms with E-state index in [1.165, 1.54) is 0 Å². The number of amides is 2. The van der Waals surface area contributed by atoms with Gasteiger partial charge in [0, 0.05) is 37.8 Å². The number of nitrogens with one attached hydrogen (secondary N) is 1. The van der Waals surface area contributed by atoms with Crippen molar-refractivity contribution < 1.29 is 19.1 Å². The second kappa shape index (κ2) is 11.2. The van der Waals surface area contributed by atoms with E-state index in [-0.39, 0.29) is 24.1 Å². The van der Waals surface area contributed by atoms with Gasteiger partial charge in [0.2, 0.25) is 5.91 Å². The molecule has 1 atom stereocenters. The first-order chi connectivity index (χ1) is 14.6. The van der Waals surface area contributed by atoms with Gasteiger partial charge in [0.05, 0.1) is 13.2 Å². The van der Waals surface area contributed by atoms with Crippen LogP contribution in [0.1, 0.15) is 51.5 Å². The van der Waals surface area contributed by atoms with Crippen molar-refractivity contribution >= 4 is 12.0 Å². The van der Waals surface area contributed by atoms with E-state index in [0.29, 0.717) is 32.8 Å². The highest BCUT2D eigenvalue weighted by Gasteiger charge is 2.27. The number of carbonyl (C=O) groups is 2. The first-order valence-electron chi connectivity index (χ1n) is 11.3. The van der Waals surface area contributed by atoms with Crippen LogP contribution < -0.4 is 10.1 Å². The van der Waals surface area contributed by atoms with Crippen molar-refractivity contribution in [2.45, 2.75) is 64.6 Å². The van der Waals surface area contributed by atoms with Crippen LogP contribution in [-0.4, -0.2) is 66.7 Å². The molecule has 2 amide bonds. The maximum Gasteiger partial charge on any atom is 0.409 e. The zero-order chi connectivity index (χ0) is 21.3. The van der Waals surface area contributed by atoms with Crippen molar-refractivity contribution in [1.82, 2.24) is 15.1 Å². The van der Waals surface area contributed by atoms with Crippen LogP contribution >= 0.6 is 0 Å². The van der Waals surface area contributed by atoms with Gasteiger partial charge in [0.1, 0.15) is 11.9 Å². The van der Waals surface area contributed by atoms with E-state index in [0.717, 1.165) is 50.0 Å². The molecule has 1 aromatic carbocycles. The normalized spacial score (nSPS) is 20.1. The zero-order valence-corrected chi connectivity index (χ0v) is 18.3. The van der Waals surface area contributed by atoms with Gasteiger partial charge in [0.15, 0.2) is 0 Å². The van der Waals surface area contributed by atoms with Gasteiger partial charge in [-0.25, -0.2) is 4.79 Å². The number of hydrogen-bond acceptors (Lipinski definition) is 5. The predicted octanol–water partition coefficient (Wildman–Crippen LogP) is 3.18. The molecule has 0 saturated carbocycles. The molecule has 3 rings (SSSR count). The van der Waals surface area contributed by atoms with Crippen LogP contribution in [0.2, 0.25) is 0 Å².